The number of benzene rings is 5. The van der Waals surface area contributed by atoms with Gasteiger partial charge < -0.3 is 24.4 Å². The van der Waals surface area contributed by atoms with Crippen LogP contribution in [0.1, 0.15) is 46.0 Å². The summed E-state index contributed by atoms with van der Waals surface area (Å²) in [5.41, 5.74) is 4.44. The van der Waals surface area contributed by atoms with Crippen LogP contribution >= 0.6 is 11.6 Å². The molecule has 4 aliphatic heterocycles. The summed E-state index contributed by atoms with van der Waals surface area (Å²) >= 11 is 6.64. The van der Waals surface area contributed by atoms with Crippen LogP contribution in [0.2, 0.25) is 23.7 Å². The highest BCUT2D eigenvalue weighted by atomic mass is 35.5. The van der Waals surface area contributed by atoms with Gasteiger partial charge in [0.25, 0.3) is 11.8 Å². The lowest BCUT2D eigenvalue weighted by Gasteiger charge is -2.37. The number of anilines is 3. The average molecular weight is 772 g/mol. The summed E-state index contributed by atoms with van der Waals surface area (Å²) < 4.78 is 6.97. The quantitative estimate of drug-likeness (QED) is 0.166. The van der Waals surface area contributed by atoms with Gasteiger partial charge in [0.2, 0.25) is 5.91 Å². The molecular weight excluding hydrogens is 730 g/mol. The summed E-state index contributed by atoms with van der Waals surface area (Å²) in [6.45, 7) is 6.00. The molecule has 0 aliphatic carbocycles. The maximum absolute atomic E-state index is 15.1. The van der Waals surface area contributed by atoms with Gasteiger partial charge in [0.05, 0.1) is 48.7 Å². The molecule has 0 radical (unpaired) electrons. The van der Waals surface area contributed by atoms with E-state index in [1.807, 2.05) is 111 Å². The van der Waals surface area contributed by atoms with Crippen molar-refractivity contribution in [3.05, 3.63) is 136 Å². The second kappa shape index (κ2) is 13.1. The van der Waals surface area contributed by atoms with Crippen LogP contribution in [0.4, 0.5) is 17.1 Å². The van der Waals surface area contributed by atoms with Gasteiger partial charge in [-0.25, -0.2) is 0 Å². The Morgan fingerprint density at radius 1 is 0.927 bits per heavy atom. The third-order valence-electron chi connectivity index (χ3n) is 12.3. The van der Waals surface area contributed by atoms with Crippen molar-refractivity contribution in [1.82, 2.24) is 4.90 Å². The summed E-state index contributed by atoms with van der Waals surface area (Å²) in [5, 5.41) is 12.7. The Morgan fingerprint density at radius 2 is 1.67 bits per heavy atom. The van der Waals surface area contributed by atoms with E-state index in [9.17, 15) is 19.5 Å². The number of rotatable bonds is 7. The molecule has 3 amide bonds. The zero-order chi connectivity index (χ0) is 38.4. The minimum absolute atomic E-state index is 0.0450. The number of hydrogen-bond donors (Lipinski definition) is 2. The van der Waals surface area contributed by atoms with Crippen molar-refractivity contribution in [2.75, 3.05) is 16.4 Å². The zero-order valence-electron chi connectivity index (χ0n) is 30.9. The number of amides is 3. The normalized spacial score (nSPS) is 24.3. The Morgan fingerprint density at radius 3 is 2.44 bits per heavy atom. The van der Waals surface area contributed by atoms with Gasteiger partial charge in [0.15, 0.2) is 13.9 Å². The van der Waals surface area contributed by atoms with Crippen LogP contribution in [0.15, 0.2) is 103 Å². The van der Waals surface area contributed by atoms with Gasteiger partial charge in [-0.15, -0.1) is 0 Å². The van der Waals surface area contributed by atoms with Crippen molar-refractivity contribution in [2.45, 2.75) is 69.2 Å². The number of carbonyl (C=O) groups excluding carboxylic acids is 3. The van der Waals surface area contributed by atoms with E-state index in [-0.39, 0.29) is 43.3 Å². The number of nitrogens with zero attached hydrogens (tertiary/aromatic N) is 3. The Hall–Kier alpha value is -4.84. The zero-order valence-corrected chi connectivity index (χ0v) is 32.7. The molecule has 9 nitrogen and oxygen atoms in total. The molecule has 1 fully saturated rings. The summed E-state index contributed by atoms with van der Waals surface area (Å²) in [4.78, 5) is 60.1. The lowest BCUT2D eigenvalue weighted by atomic mass is 9.82. The molecule has 0 aromatic heterocycles. The minimum Gasteiger partial charge on any atom is -0.432 e. The molecule has 55 heavy (non-hydrogen) atoms. The highest BCUT2D eigenvalue weighted by molar-refractivity contribution is 6.71. The molecule has 0 unspecified atom stereocenters. The Bertz CT molecular complexity index is 2410. The first-order chi connectivity index (χ1) is 26.4. The van der Waals surface area contributed by atoms with E-state index in [4.69, 9.17) is 16.3 Å². The third-order valence-corrected chi connectivity index (χ3v) is 15.0. The Labute approximate surface area is 325 Å². The van der Waals surface area contributed by atoms with E-state index >= 15 is 4.79 Å². The molecule has 0 saturated carbocycles. The first-order valence-corrected chi connectivity index (χ1v) is 22.3. The standard InChI is InChI=1S/C44H42ClN3O6Si/c1-26-41(55(2,3)53)38(22-39(50)46-24-30-11-5-4-10-29(30)20-33(46)25-49)54-44(26)35-21-31(45)17-18-36(35)47(43(44)52)23-27-9-6-14-32(19-27)48-37-16-8-13-28-12-7-15-34(40(28)37)42(48)51/h4-19,21,26,33,38,41,49,53H,20,22-25H2,1-3H3/t26-,33+,38+,41-,44+/m1/s1. The lowest BCUT2D eigenvalue weighted by molar-refractivity contribution is -0.151. The fourth-order valence-electron chi connectivity index (χ4n) is 9.89. The molecule has 1 saturated heterocycles. The summed E-state index contributed by atoms with van der Waals surface area (Å²) in [6.07, 6.45) is -0.255. The summed E-state index contributed by atoms with van der Waals surface area (Å²) in [6, 6.07) is 32.3. The monoisotopic (exact) mass is 771 g/mol. The highest BCUT2D eigenvalue weighted by Gasteiger charge is 2.66. The van der Waals surface area contributed by atoms with E-state index in [2.05, 4.69) is 0 Å². The SMILES string of the molecule is C[C@@H]1[C@@H]([Si](C)(C)O)[C@H](CC(=O)N2Cc3ccccc3C[C@H]2CO)O[C@@]12C(=O)N(Cc1cccc(N3C(=O)c4cccc5cccc3c45)c1)c1ccc(Cl)cc12. The summed E-state index contributed by atoms with van der Waals surface area (Å²) in [5.74, 6) is -1.06. The molecule has 11 heteroatoms. The van der Waals surface area contributed by atoms with E-state index < -0.39 is 31.5 Å². The van der Waals surface area contributed by atoms with Gasteiger partial charge in [0.1, 0.15) is 0 Å². The molecule has 5 atom stereocenters. The van der Waals surface area contributed by atoms with E-state index in [1.165, 1.54) is 0 Å². The summed E-state index contributed by atoms with van der Waals surface area (Å²) in [7, 11) is -3.07. The third kappa shape index (κ3) is 5.56. The molecule has 0 bridgehead atoms. The molecular formula is C44H42ClN3O6Si. The molecule has 4 heterocycles. The molecule has 1 spiro atoms. The molecule has 5 aromatic carbocycles. The first-order valence-electron chi connectivity index (χ1n) is 18.8. The maximum Gasteiger partial charge on any atom is 0.264 e. The molecule has 9 rings (SSSR count). The Kier molecular flexibility index (Phi) is 8.56. The van der Waals surface area contributed by atoms with Crippen molar-refractivity contribution in [3.8, 4) is 0 Å². The van der Waals surface area contributed by atoms with Gasteiger partial charge in [-0.1, -0.05) is 79.2 Å². The second-order valence-corrected chi connectivity index (χ2v) is 20.3. The van der Waals surface area contributed by atoms with Gasteiger partial charge in [-0.2, -0.15) is 0 Å². The van der Waals surface area contributed by atoms with Crippen LogP contribution in [0.5, 0.6) is 0 Å². The highest BCUT2D eigenvalue weighted by Crippen LogP contribution is 2.60. The van der Waals surface area contributed by atoms with Crippen molar-refractivity contribution in [1.29, 1.82) is 0 Å². The van der Waals surface area contributed by atoms with Crippen LogP contribution in [0, 0.1) is 5.92 Å². The van der Waals surface area contributed by atoms with Crippen LogP contribution < -0.4 is 9.80 Å². The van der Waals surface area contributed by atoms with E-state index in [0.29, 0.717) is 40.5 Å². The minimum atomic E-state index is -3.07. The largest absolute Gasteiger partial charge is 0.432 e. The van der Waals surface area contributed by atoms with Crippen LogP contribution in [-0.4, -0.2) is 59.6 Å². The number of aliphatic hydroxyl groups excluding tert-OH is 1. The van der Waals surface area contributed by atoms with Gasteiger partial charge in [-0.05, 0) is 84.1 Å². The average Bonchev–Trinajstić information content (AvgIpc) is 3.72. The Balaban J connectivity index is 1.04. The van der Waals surface area contributed by atoms with Gasteiger partial charge in [-0.3, -0.25) is 19.3 Å². The maximum atomic E-state index is 15.1. The van der Waals surface area contributed by atoms with Crippen LogP contribution in [0.25, 0.3) is 10.8 Å². The fraction of sp³-hybridized carbons (Fsp3) is 0.295. The second-order valence-electron chi connectivity index (χ2n) is 15.9. The molecule has 2 N–H and O–H groups in total. The molecule has 5 aromatic rings. The van der Waals surface area contributed by atoms with Crippen molar-refractivity contribution in [3.63, 3.8) is 0 Å². The number of carbonyl (C=O) groups is 3. The smallest absolute Gasteiger partial charge is 0.264 e. The number of aliphatic hydroxyl groups is 1. The van der Waals surface area contributed by atoms with Crippen LogP contribution in [0.3, 0.4) is 0 Å². The van der Waals surface area contributed by atoms with E-state index in [0.717, 1.165) is 33.2 Å². The topological polar surface area (TPSA) is 111 Å². The van der Waals surface area contributed by atoms with Crippen molar-refractivity contribution < 1.29 is 29.0 Å². The number of fused-ring (bicyclic) bond motifs is 3. The van der Waals surface area contributed by atoms with Gasteiger partial charge >= 0.3 is 0 Å². The number of halogens is 1. The van der Waals surface area contributed by atoms with Crippen LogP contribution in [-0.2, 0) is 39.4 Å². The van der Waals surface area contributed by atoms with Crippen molar-refractivity contribution >= 4 is 65.5 Å². The first kappa shape index (κ1) is 35.8. The lowest BCUT2D eigenvalue weighted by Crippen LogP contribution is -2.48. The predicted molar refractivity (Wildman–Crippen MR) is 215 cm³/mol. The number of hydrogen-bond acceptors (Lipinski definition) is 6. The van der Waals surface area contributed by atoms with E-state index in [1.54, 1.807) is 26.8 Å². The molecule has 280 valence electrons. The predicted octanol–water partition coefficient (Wildman–Crippen LogP) is 7.47. The number of ether oxygens (including phenoxy) is 1. The molecule has 4 aliphatic rings. The van der Waals surface area contributed by atoms with Crippen molar-refractivity contribution in [2.24, 2.45) is 5.92 Å². The fourth-order valence-corrected chi connectivity index (χ4v) is 12.6. The van der Waals surface area contributed by atoms with Gasteiger partial charge in [0, 0.05) is 39.7 Å².